The van der Waals surface area contributed by atoms with Gasteiger partial charge in [-0.3, -0.25) is 0 Å². The number of nitrogens with zero attached hydrogens (tertiary/aromatic N) is 1. The van der Waals surface area contributed by atoms with E-state index in [9.17, 15) is 4.79 Å². The number of likely N-dealkylation sites (tertiary alicyclic amines) is 1. The van der Waals surface area contributed by atoms with Gasteiger partial charge < -0.3 is 15.0 Å². The smallest absolute Gasteiger partial charge is 0.410 e. The Morgan fingerprint density at radius 2 is 2.04 bits per heavy atom. The third-order valence-electron chi connectivity index (χ3n) is 3.92. The van der Waals surface area contributed by atoms with Gasteiger partial charge in [-0.1, -0.05) is 34.1 Å². The summed E-state index contributed by atoms with van der Waals surface area (Å²) in [4.78, 5) is 14.0. The Labute approximate surface area is 147 Å². The van der Waals surface area contributed by atoms with Crippen molar-refractivity contribution in [2.45, 2.75) is 58.2 Å². The summed E-state index contributed by atoms with van der Waals surface area (Å²) in [5, 5.41) is 3.62. The standard InChI is InChI=1S/C18H27BrN2O2/c1-18(2,3)23-17(22)21-11-6-8-15(10-12-21)20-13-14-7-4-5-9-16(14)19/h4-5,7,9,15,20H,6,8,10-13H2,1-3H3. The van der Waals surface area contributed by atoms with Crippen LogP contribution in [0.3, 0.4) is 0 Å². The summed E-state index contributed by atoms with van der Waals surface area (Å²) in [6.45, 7) is 8.10. The van der Waals surface area contributed by atoms with Gasteiger partial charge in [0, 0.05) is 30.1 Å². The molecule has 5 heteroatoms. The Hall–Kier alpha value is -1.07. The maximum absolute atomic E-state index is 12.2. The summed E-state index contributed by atoms with van der Waals surface area (Å²) in [6, 6.07) is 8.71. The summed E-state index contributed by atoms with van der Waals surface area (Å²) in [5.74, 6) is 0. The number of benzene rings is 1. The van der Waals surface area contributed by atoms with Gasteiger partial charge in [0.15, 0.2) is 0 Å². The van der Waals surface area contributed by atoms with Gasteiger partial charge >= 0.3 is 6.09 Å². The Bertz CT molecular complexity index is 528. The molecule has 1 heterocycles. The predicted molar refractivity (Wildman–Crippen MR) is 96.4 cm³/mol. The van der Waals surface area contributed by atoms with E-state index in [0.29, 0.717) is 6.04 Å². The maximum atomic E-state index is 12.2. The van der Waals surface area contributed by atoms with Crippen molar-refractivity contribution in [1.29, 1.82) is 0 Å². The zero-order valence-corrected chi connectivity index (χ0v) is 15.9. The normalized spacial score (nSPS) is 19.3. The first-order chi connectivity index (χ1) is 10.8. The molecule has 0 bridgehead atoms. The van der Waals surface area contributed by atoms with Crippen molar-refractivity contribution in [2.24, 2.45) is 0 Å². The van der Waals surface area contributed by atoms with Gasteiger partial charge in [-0.05, 0) is 51.7 Å². The van der Waals surface area contributed by atoms with Crippen LogP contribution in [0.25, 0.3) is 0 Å². The van der Waals surface area contributed by atoms with Gasteiger partial charge in [-0.2, -0.15) is 0 Å². The Morgan fingerprint density at radius 3 is 2.74 bits per heavy atom. The number of ether oxygens (including phenoxy) is 1. The highest BCUT2D eigenvalue weighted by atomic mass is 79.9. The second-order valence-electron chi connectivity index (χ2n) is 7.07. The van der Waals surface area contributed by atoms with E-state index in [0.717, 1.165) is 43.4 Å². The largest absolute Gasteiger partial charge is 0.444 e. The van der Waals surface area contributed by atoms with E-state index in [-0.39, 0.29) is 6.09 Å². The maximum Gasteiger partial charge on any atom is 0.410 e. The molecule has 1 aliphatic rings. The predicted octanol–water partition coefficient (Wildman–Crippen LogP) is 4.33. The highest BCUT2D eigenvalue weighted by Crippen LogP contribution is 2.18. The van der Waals surface area contributed by atoms with E-state index in [1.165, 1.54) is 5.56 Å². The molecular weight excluding hydrogens is 356 g/mol. The van der Waals surface area contributed by atoms with E-state index in [1.807, 2.05) is 31.7 Å². The number of halogens is 1. The average molecular weight is 383 g/mol. The number of carbonyl (C=O) groups excluding carboxylic acids is 1. The minimum atomic E-state index is -0.430. The molecule has 1 atom stereocenters. The molecule has 2 rings (SSSR count). The molecule has 0 aromatic heterocycles. The first-order valence-corrected chi connectivity index (χ1v) is 9.09. The monoisotopic (exact) mass is 382 g/mol. The van der Waals surface area contributed by atoms with Crippen molar-refractivity contribution in [1.82, 2.24) is 10.2 Å². The first-order valence-electron chi connectivity index (χ1n) is 8.30. The first kappa shape index (κ1) is 18.3. The third-order valence-corrected chi connectivity index (χ3v) is 4.69. The van der Waals surface area contributed by atoms with Gasteiger partial charge in [0.1, 0.15) is 5.60 Å². The molecule has 128 valence electrons. The number of amides is 1. The summed E-state index contributed by atoms with van der Waals surface area (Å²) in [7, 11) is 0. The molecule has 0 saturated carbocycles. The summed E-state index contributed by atoms with van der Waals surface area (Å²) in [5.41, 5.74) is 0.835. The van der Waals surface area contributed by atoms with Crippen molar-refractivity contribution >= 4 is 22.0 Å². The molecule has 4 nitrogen and oxygen atoms in total. The molecule has 1 unspecified atom stereocenters. The van der Waals surface area contributed by atoms with Crippen LogP contribution in [0.5, 0.6) is 0 Å². The molecule has 1 N–H and O–H groups in total. The van der Waals surface area contributed by atoms with E-state index in [4.69, 9.17) is 4.74 Å². The minimum Gasteiger partial charge on any atom is -0.444 e. The van der Waals surface area contributed by atoms with E-state index in [2.05, 4.69) is 39.4 Å². The zero-order valence-electron chi connectivity index (χ0n) is 14.3. The third kappa shape index (κ3) is 6.15. The quantitative estimate of drug-likeness (QED) is 0.845. The lowest BCUT2D eigenvalue weighted by atomic mass is 10.1. The Morgan fingerprint density at radius 1 is 1.30 bits per heavy atom. The fraction of sp³-hybridized carbons (Fsp3) is 0.611. The highest BCUT2D eigenvalue weighted by molar-refractivity contribution is 9.10. The van der Waals surface area contributed by atoms with Gasteiger partial charge in [0.25, 0.3) is 0 Å². The molecule has 0 radical (unpaired) electrons. The summed E-state index contributed by atoms with van der Waals surface area (Å²) in [6.07, 6.45) is 2.87. The molecule has 1 aliphatic heterocycles. The molecule has 1 aromatic rings. The molecule has 1 amide bonds. The van der Waals surface area contributed by atoms with E-state index >= 15 is 0 Å². The molecular formula is C18H27BrN2O2. The lowest BCUT2D eigenvalue weighted by molar-refractivity contribution is 0.0256. The fourth-order valence-electron chi connectivity index (χ4n) is 2.71. The van der Waals surface area contributed by atoms with Crippen LogP contribution in [0.2, 0.25) is 0 Å². The van der Waals surface area contributed by atoms with Gasteiger partial charge in [0.05, 0.1) is 0 Å². The molecule has 1 saturated heterocycles. The topological polar surface area (TPSA) is 41.6 Å². The summed E-state index contributed by atoms with van der Waals surface area (Å²) >= 11 is 3.58. The van der Waals surface area contributed by atoms with Crippen molar-refractivity contribution in [3.63, 3.8) is 0 Å². The van der Waals surface area contributed by atoms with Gasteiger partial charge in [-0.25, -0.2) is 4.79 Å². The number of hydrogen-bond donors (Lipinski definition) is 1. The van der Waals surface area contributed by atoms with Crippen LogP contribution >= 0.6 is 15.9 Å². The molecule has 23 heavy (non-hydrogen) atoms. The van der Waals surface area contributed by atoms with E-state index in [1.54, 1.807) is 0 Å². The Balaban J connectivity index is 1.82. The zero-order chi connectivity index (χ0) is 16.9. The van der Waals surface area contributed by atoms with E-state index < -0.39 is 5.60 Å². The molecule has 0 aliphatic carbocycles. The van der Waals surface area contributed by atoms with Crippen molar-refractivity contribution in [3.8, 4) is 0 Å². The number of hydrogen-bond acceptors (Lipinski definition) is 3. The number of carbonyl (C=O) groups is 1. The van der Waals surface area contributed by atoms with Crippen LogP contribution in [-0.2, 0) is 11.3 Å². The van der Waals surface area contributed by atoms with Crippen molar-refractivity contribution in [3.05, 3.63) is 34.3 Å². The minimum absolute atomic E-state index is 0.191. The second kappa shape index (κ2) is 8.15. The SMILES string of the molecule is CC(C)(C)OC(=O)N1CCCC(NCc2ccccc2Br)CC1. The number of rotatable bonds is 3. The molecule has 0 spiro atoms. The van der Waals surface area contributed by atoms with Crippen LogP contribution in [0.1, 0.15) is 45.6 Å². The highest BCUT2D eigenvalue weighted by Gasteiger charge is 2.25. The summed E-state index contributed by atoms with van der Waals surface area (Å²) < 4.78 is 6.61. The number of nitrogens with one attached hydrogen (secondary N) is 1. The fourth-order valence-corrected chi connectivity index (χ4v) is 3.13. The average Bonchev–Trinajstić information content (AvgIpc) is 2.70. The molecule has 1 fully saturated rings. The lowest BCUT2D eigenvalue weighted by Crippen LogP contribution is -2.38. The van der Waals surface area contributed by atoms with Gasteiger partial charge in [0.2, 0.25) is 0 Å². The molecule has 1 aromatic carbocycles. The Kier molecular flexibility index (Phi) is 6.48. The second-order valence-corrected chi connectivity index (χ2v) is 7.92. The van der Waals surface area contributed by atoms with Crippen molar-refractivity contribution in [2.75, 3.05) is 13.1 Å². The lowest BCUT2D eigenvalue weighted by Gasteiger charge is -2.26. The van der Waals surface area contributed by atoms with Gasteiger partial charge in [-0.15, -0.1) is 0 Å². The van der Waals surface area contributed by atoms with Crippen LogP contribution in [0.4, 0.5) is 4.79 Å². The van der Waals surface area contributed by atoms with Crippen LogP contribution in [0.15, 0.2) is 28.7 Å². The van der Waals surface area contributed by atoms with Crippen LogP contribution in [0, 0.1) is 0 Å². The van der Waals surface area contributed by atoms with Crippen LogP contribution in [-0.4, -0.2) is 35.7 Å². The van der Waals surface area contributed by atoms with Crippen LogP contribution < -0.4 is 5.32 Å². The van der Waals surface area contributed by atoms with Crippen molar-refractivity contribution < 1.29 is 9.53 Å².